The number of ether oxygens (including phenoxy) is 2. The molecule has 1 N–H and O–H groups in total. The van der Waals surface area contributed by atoms with Crippen molar-refractivity contribution in [3.8, 4) is 5.75 Å². The summed E-state index contributed by atoms with van der Waals surface area (Å²) < 4.78 is 14.2. The lowest BCUT2D eigenvalue weighted by Gasteiger charge is -2.54. The molecular weight excluding hydrogens is 500 g/mol. The highest BCUT2D eigenvalue weighted by Crippen LogP contribution is 2.59. The first-order chi connectivity index (χ1) is 19.5. The van der Waals surface area contributed by atoms with Gasteiger partial charge in [-0.1, -0.05) is 42.5 Å². The van der Waals surface area contributed by atoms with Crippen molar-refractivity contribution in [1.29, 1.82) is 0 Å². The average Bonchev–Trinajstić information content (AvgIpc) is 3.30. The zero-order valence-corrected chi connectivity index (χ0v) is 22.9. The van der Waals surface area contributed by atoms with Gasteiger partial charge in [0, 0.05) is 13.0 Å². The molecule has 1 aromatic heterocycles. The monoisotopic (exact) mass is 536 g/mol. The maximum atomic E-state index is 11.7. The SMILES string of the molecule is O=C(O)c1ccc2nc(CC34CCC(c5cccc(OCc6ccccc6)c5)(CC3)CC4)n(C[C@@H]3CCO3)c2c1. The molecule has 40 heavy (non-hydrogen) atoms. The van der Waals surface area contributed by atoms with E-state index in [0.717, 1.165) is 48.6 Å². The van der Waals surface area contributed by atoms with Crippen LogP contribution in [0.2, 0.25) is 0 Å². The molecule has 3 saturated carbocycles. The number of rotatable bonds is 9. The molecule has 1 aliphatic heterocycles. The van der Waals surface area contributed by atoms with E-state index in [-0.39, 0.29) is 16.9 Å². The topological polar surface area (TPSA) is 73.6 Å². The molecule has 2 heterocycles. The van der Waals surface area contributed by atoms with Gasteiger partial charge >= 0.3 is 5.97 Å². The summed E-state index contributed by atoms with van der Waals surface area (Å²) in [6.07, 6.45) is 9.28. The van der Waals surface area contributed by atoms with Crippen molar-refractivity contribution in [2.75, 3.05) is 6.61 Å². The molecule has 0 spiro atoms. The lowest BCUT2D eigenvalue weighted by atomic mass is 9.51. The normalized spacial score (nSPS) is 25.6. The van der Waals surface area contributed by atoms with E-state index in [1.165, 1.54) is 49.7 Å². The Bertz CT molecular complexity index is 1510. The molecular formula is C34H36N2O4. The minimum absolute atomic E-state index is 0.184. The predicted octanol–water partition coefficient (Wildman–Crippen LogP) is 6.94. The lowest BCUT2D eigenvalue weighted by molar-refractivity contribution is -0.0594. The average molecular weight is 537 g/mol. The molecule has 8 rings (SSSR count). The standard InChI is InChI=1S/C34H36N2O4/c37-32(38)25-9-10-29-30(19-25)36(22-28-11-18-39-28)31(35-29)21-33-12-15-34(16-13-33,17-14-33)26-7-4-8-27(20-26)40-23-24-5-2-1-3-6-24/h1-10,19-20,28H,11-18,21-23H2,(H,37,38)/t28-,33?,34?/m0/s1. The third-order valence-electron chi connectivity index (χ3n) is 9.88. The fourth-order valence-corrected chi connectivity index (χ4v) is 7.23. The van der Waals surface area contributed by atoms with Crippen molar-refractivity contribution >= 4 is 17.0 Å². The van der Waals surface area contributed by atoms with Crippen LogP contribution in [0.1, 0.15) is 72.3 Å². The summed E-state index contributed by atoms with van der Waals surface area (Å²) in [7, 11) is 0. The first-order valence-electron chi connectivity index (χ1n) is 14.6. The highest BCUT2D eigenvalue weighted by Gasteiger charge is 2.49. The van der Waals surface area contributed by atoms with Crippen LogP contribution in [-0.4, -0.2) is 33.3 Å². The highest BCUT2D eigenvalue weighted by atomic mass is 16.5. The molecule has 1 atom stereocenters. The Balaban J connectivity index is 1.09. The van der Waals surface area contributed by atoms with Gasteiger partial charge in [0.2, 0.25) is 0 Å². The first kappa shape index (κ1) is 25.3. The van der Waals surface area contributed by atoms with Gasteiger partial charge in [-0.15, -0.1) is 0 Å². The molecule has 206 valence electrons. The maximum Gasteiger partial charge on any atom is 0.335 e. The van der Waals surface area contributed by atoms with Gasteiger partial charge < -0.3 is 19.1 Å². The van der Waals surface area contributed by atoms with Crippen molar-refractivity contribution < 1.29 is 19.4 Å². The van der Waals surface area contributed by atoms with Crippen LogP contribution in [0.15, 0.2) is 72.8 Å². The summed E-state index contributed by atoms with van der Waals surface area (Å²) in [4.78, 5) is 16.7. The highest BCUT2D eigenvalue weighted by molar-refractivity contribution is 5.92. The molecule has 1 saturated heterocycles. The van der Waals surface area contributed by atoms with Crippen molar-refractivity contribution in [2.24, 2.45) is 5.41 Å². The van der Waals surface area contributed by atoms with E-state index in [2.05, 4.69) is 41.0 Å². The summed E-state index contributed by atoms with van der Waals surface area (Å²) in [5, 5.41) is 9.58. The molecule has 3 aliphatic carbocycles. The van der Waals surface area contributed by atoms with Crippen LogP contribution < -0.4 is 4.74 Å². The molecule has 4 aromatic rings. The van der Waals surface area contributed by atoms with Crippen molar-refractivity contribution in [1.82, 2.24) is 9.55 Å². The predicted molar refractivity (Wildman–Crippen MR) is 154 cm³/mol. The van der Waals surface area contributed by atoms with Crippen LogP contribution in [-0.2, 0) is 29.7 Å². The minimum Gasteiger partial charge on any atom is -0.489 e. The van der Waals surface area contributed by atoms with Gasteiger partial charge in [0.1, 0.15) is 18.2 Å². The van der Waals surface area contributed by atoms with Crippen molar-refractivity contribution in [2.45, 2.75) is 76.0 Å². The quantitative estimate of drug-likeness (QED) is 0.251. The van der Waals surface area contributed by atoms with Crippen LogP contribution in [0, 0.1) is 5.41 Å². The fraction of sp³-hybridized carbons (Fsp3) is 0.412. The zero-order chi connectivity index (χ0) is 27.2. The van der Waals surface area contributed by atoms with Gasteiger partial charge in [0.05, 0.1) is 29.2 Å². The maximum absolute atomic E-state index is 11.7. The van der Waals surface area contributed by atoms with Gasteiger partial charge in [-0.3, -0.25) is 0 Å². The van der Waals surface area contributed by atoms with E-state index < -0.39 is 5.97 Å². The fourth-order valence-electron chi connectivity index (χ4n) is 7.23. The van der Waals surface area contributed by atoms with Crippen LogP contribution >= 0.6 is 0 Å². The molecule has 2 bridgehead atoms. The summed E-state index contributed by atoms with van der Waals surface area (Å²) in [5.41, 5.74) is 5.17. The van der Waals surface area contributed by atoms with E-state index in [4.69, 9.17) is 14.5 Å². The van der Waals surface area contributed by atoms with Crippen LogP contribution in [0.5, 0.6) is 5.75 Å². The Morgan fingerprint density at radius 2 is 1.75 bits per heavy atom. The largest absolute Gasteiger partial charge is 0.489 e. The van der Waals surface area contributed by atoms with Crippen LogP contribution in [0.25, 0.3) is 11.0 Å². The number of aromatic carboxylic acids is 1. The van der Waals surface area contributed by atoms with Gasteiger partial charge in [-0.25, -0.2) is 9.78 Å². The molecule has 4 fully saturated rings. The molecule has 6 heteroatoms. The van der Waals surface area contributed by atoms with E-state index in [0.29, 0.717) is 12.2 Å². The van der Waals surface area contributed by atoms with Gasteiger partial charge in [-0.05, 0) is 97.2 Å². The molecule has 3 aromatic carbocycles. The number of imidazole rings is 1. The molecule has 6 nitrogen and oxygen atoms in total. The van der Waals surface area contributed by atoms with Crippen molar-refractivity contribution in [3.05, 3.63) is 95.3 Å². The third-order valence-corrected chi connectivity index (χ3v) is 9.88. The van der Waals surface area contributed by atoms with Crippen LogP contribution in [0.3, 0.4) is 0 Å². The van der Waals surface area contributed by atoms with E-state index in [1.54, 1.807) is 12.1 Å². The number of fused-ring (bicyclic) bond motifs is 4. The number of aromatic nitrogens is 2. The van der Waals surface area contributed by atoms with Crippen LogP contribution in [0.4, 0.5) is 0 Å². The second kappa shape index (κ2) is 10.1. The Hall–Kier alpha value is -3.64. The zero-order valence-electron chi connectivity index (χ0n) is 22.9. The Morgan fingerprint density at radius 3 is 2.45 bits per heavy atom. The second-order valence-corrected chi connectivity index (χ2v) is 12.2. The summed E-state index contributed by atoms with van der Waals surface area (Å²) in [6.45, 7) is 2.13. The molecule has 0 radical (unpaired) electrons. The van der Waals surface area contributed by atoms with E-state index in [9.17, 15) is 9.90 Å². The van der Waals surface area contributed by atoms with E-state index >= 15 is 0 Å². The van der Waals surface area contributed by atoms with Gasteiger partial charge in [0.25, 0.3) is 0 Å². The summed E-state index contributed by atoms with van der Waals surface area (Å²) in [6, 6.07) is 24.4. The van der Waals surface area contributed by atoms with E-state index in [1.807, 2.05) is 24.3 Å². The number of nitrogens with zero attached hydrogens (tertiary/aromatic N) is 2. The molecule has 0 amide bonds. The number of hydrogen-bond donors (Lipinski definition) is 1. The van der Waals surface area contributed by atoms with Crippen molar-refractivity contribution in [3.63, 3.8) is 0 Å². The number of carboxylic acids is 1. The Labute approximate surface area is 235 Å². The first-order valence-corrected chi connectivity index (χ1v) is 14.6. The lowest BCUT2D eigenvalue weighted by Crippen LogP contribution is -2.45. The Kier molecular flexibility index (Phi) is 6.38. The third kappa shape index (κ3) is 4.68. The molecule has 0 unspecified atom stereocenters. The number of carbonyl (C=O) groups is 1. The van der Waals surface area contributed by atoms with Gasteiger partial charge in [-0.2, -0.15) is 0 Å². The summed E-state index contributed by atoms with van der Waals surface area (Å²) in [5.74, 6) is 1.13. The number of carboxylic acid groups (broad SMARTS) is 1. The smallest absolute Gasteiger partial charge is 0.335 e. The number of benzene rings is 3. The summed E-state index contributed by atoms with van der Waals surface area (Å²) >= 11 is 0. The van der Waals surface area contributed by atoms with Gasteiger partial charge in [0.15, 0.2) is 0 Å². The Morgan fingerprint density at radius 1 is 0.975 bits per heavy atom. The second-order valence-electron chi connectivity index (χ2n) is 12.2. The minimum atomic E-state index is -0.903. The molecule has 4 aliphatic rings. The number of hydrogen-bond acceptors (Lipinski definition) is 4.